The molecule has 1 saturated carbocycles. The molecule has 0 radical (unpaired) electrons. The van der Waals surface area contributed by atoms with E-state index < -0.39 is 54.0 Å². The molecule has 2 aliphatic rings. The largest absolute Gasteiger partial charge is 0.368 e. The van der Waals surface area contributed by atoms with E-state index in [0.717, 1.165) is 4.90 Å². The number of carbonyl (C=O) groups is 3. The number of nitrogens with two attached hydrogens (primary N) is 1. The van der Waals surface area contributed by atoms with Crippen LogP contribution in [-0.4, -0.2) is 40.2 Å². The van der Waals surface area contributed by atoms with E-state index in [9.17, 15) is 28.4 Å². The van der Waals surface area contributed by atoms with E-state index in [2.05, 4.69) is 10.3 Å². The predicted molar refractivity (Wildman–Crippen MR) is 118 cm³/mol. The summed E-state index contributed by atoms with van der Waals surface area (Å²) in [5.74, 6) is -6.59. The first kappa shape index (κ1) is 23.6. The molecule has 2 fully saturated rings. The van der Waals surface area contributed by atoms with Gasteiger partial charge in [0.15, 0.2) is 0 Å². The van der Waals surface area contributed by atoms with Crippen molar-refractivity contribution in [3.8, 4) is 6.07 Å². The zero-order valence-corrected chi connectivity index (χ0v) is 18.6. The number of nitrogens with one attached hydrogen (secondary N) is 1. The summed E-state index contributed by atoms with van der Waals surface area (Å²) in [5.41, 5.74) is 4.33. The quantitative estimate of drug-likeness (QED) is 0.647. The highest BCUT2D eigenvalue weighted by atomic mass is 35.5. The van der Waals surface area contributed by atoms with Crippen LogP contribution in [-0.2, 0) is 14.4 Å². The van der Waals surface area contributed by atoms with E-state index in [1.54, 1.807) is 12.1 Å². The maximum Gasteiger partial charge on any atom is 0.252 e. The minimum absolute atomic E-state index is 0.0274. The molecule has 34 heavy (non-hydrogen) atoms. The lowest BCUT2D eigenvalue weighted by atomic mass is 9.75. The summed E-state index contributed by atoms with van der Waals surface area (Å²) in [4.78, 5) is 44.9. The van der Waals surface area contributed by atoms with Crippen LogP contribution in [0.3, 0.4) is 0 Å². The fourth-order valence-corrected chi connectivity index (χ4v) is 4.95. The van der Waals surface area contributed by atoms with Crippen molar-refractivity contribution in [2.75, 3.05) is 4.90 Å². The average molecular weight is 488 g/mol. The number of amides is 3. The van der Waals surface area contributed by atoms with Crippen molar-refractivity contribution < 1.29 is 23.2 Å². The van der Waals surface area contributed by atoms with E-state index in [1.807, 2.05) is 6.07 Å². The topological polar surface area (TPSA) is 129 Å². The van der Waals surface area contributed by atoms with Gasteiger partial charge in [-0.05, 0) is 30.2 Å². The maximum absolute atomic E-state index is 13.6. The molecule has 8 nitrogen and oxygen atoms in total. The van der Waals surface area contributed by atoms with Crippen LogP contribution in [0.1, 0.15) is 42.7 Å². The molecule has 2 atom stereocenters. The van der Waals surface area contributed by atoms with E-state index in [4.69, 9.17) is 17.3 Å². The Balaban J connectivity index is 1.86. The van der Waals surface area contributed by atoms with Gasteiger partial charge in [-0.15, -0.1) is 0 Å². The Bertz CT molecular complexity index is 1210. The van der Waals surface area contributed by atoms with Crippen molar-refractivity contribution in [3.63, 3.8) is 0 Å². The molecule has 11 heteroatoms. The first-order valence-corrected chi connectivity index (χ1v) is 10.9. The zero-order chi connectivity index (χ0) is 24.7. The third-order valence-corrected chi connectivity index (χ3v) is 6.64. The molecule has 1 aliphatic carbocycles. The van der Waals surface area contributed by atoms with Crippen LogP contribution >= 0.6 is 11.6 Å². The molecule has 1 saturated heterocycles. The Hall–Kier alpha value is -3.58. The standard InChI is InChI=1S/C23H20ClF2N5O3/c24-16-4-2-1-3-15(16)19(20(33)30-14-10-22(25,26)11-14)23(21(28)34)7-5-18(32)31(23)17-9-13(12-27)6-8-29-17/h1-4,6,8-9,14,19H,5,7,10-11H2,(H2,28,34)(H,30,33)/t19-,23?/m1/s1. The summed E-state index contributed by atoms with van der Waals surface area (Å²) in [5, 5.41) is 12.0. The number of hydrogen-bond donors (Lipinski definition) is 2. The molecule has 176 valence electrons. The van der Waals surface area contributed by atoms with Crippen LogP contribution in [0.25, 0.3) is 0 Å². The third kappa shape index (κ3) is 3.96. The van der Waals surface area contributed by atoms with Gasteiger partial charge in [0.2, 0.25) is 17.7 Å². The normalized spacial score (nSPS) is 22.5. The summed E-state index contributed by atoms with van der Waals surface area (Å²) < 4.78 is 26.8. The molecular weight excluding hydrogens is 468 g/mol. The van der Waals surface area contributed by atoms with E-state index in [-0.39, 0.29) is 34.8 Å². The number of alkyl halides is 2. The van der Waals surface area contributed by atoms with Gasteiger partial charge >= 0.3 is 0 Å². The first-order chi connectivity index (χ1) is 16.1. The molecule has 1 aromatic heterocycles. The molecule has 0 bridgehead atoms. The minimum Gasteiger partial charge on any atom is -0.368 e. The van der Waals surface area contributed by atoms with Gasteiger partial charge in [0.25, 0.3) is 5.92 Å². The highest BCUT2D eigenvalue weighted by Crippen LogP contribution is 2.46. The van der Waals surface area contributed by atoms with Crippen molar-refractivity contribution in [1.82, 2.24) is 10.3 Å². The zero-order valence-electron chi connectivity index (χ0n) is 17.8. The smallest absolute Gasteiger partial charge is 0.252 e. The van der Waals surface area contributed by atoms with Crippen LogP contribution < -0.4 is 16.0 Å². The number of aromatic nitrogens is 1. The number of hydrogen-bond acceptors (Lipinski definition) is 5. The van der Waals surface area contributed by atoms with E-state index in [0.29, 0.717) is 0 Å². The Labute approximate surface area is 198 Å². The Morgan fingerprint density at radius 3 is 2.62 bits per heavy atom. The monoisotopic (exact) mass is 487 g/mol. The van der Waals surface area contributed by atoms with Crippen LogP contribution in [0.4, 0.5) is 14.6 Å². The van der Waals surface area contributed by atoms with Gasteiger partial charge in [0.1, 0.15) is 11.4 Å². The highest BCUT2D eigenvalue weighted by Gasteiger charge is 2.60. The molecule has 2 heterocycles. The number of pyridine rings is 1. The number of nitriles is 1. The number of benzene rings is 1. The Morgan fingerprint density at radius 1 is 1.29 bits per heavy atom. The van der Waals surface area contributed by atoms with Crippen LogP contribution in [0.5, 0.6) is 0 Å². The molecule has 1 unspecified atom stereocenters. The number of nitrogens with zero attached hydrogens (tertiary/aromatic N) is 3. The lowest BCUT2D eigenvalue weighted by molar-refractivity contribution is -0.136. The fraction of sp³-hybridized carbons (Fsp3) is 0.348. The molecular formula is C23H20ClF2N5O3. The Kier molecular flexibility index (Phi) is 6.00. The van der Waals surface area contributed by atoms with Crippen LogP contribution in [0.2, 0.25) is 5.02 Å². The predicted octanol–water partition coefficient (Wildman–Crippen LogP) is 2.66. The van der Waals surface area contributed by atoms with Gasteiger partial charge in [-0.3, -0.25) is 19.3 Å². The van der Waals surface area contributed by atoms with Gasteiger partial charge in [-0.25, -0.2) is 13.8 Å². The van der Waals surface area contributed by atoms with Gasteiger partial charge in [-0.1, -0.05) is 29.8 Å². The summed E-state index contributed by atoms with van der Waals surface area (Å²) in [6, 6.07) is 10.1. The maximum atomic E-state index is 13.6. The molecule has 1 aromatic carbocycles. The highest BCUT2D eigenvalue weighted by molar-refractivity contribution is 6.31. The van der Waals surface area contributed by atoms with Crippen molar-refractivity contribution in [3.05, 3.63) is 58.7 Å². The lowest BCUT2D eigenvalue weighted by Crippen LogP contribution is -2.63. The molecule has 1 aliphatic heterocycles. The van der Waals surface area contributed by atoms with Crippen molar-refractivity contribution in [2.45, 2.75) is 49.1 Å². The van der Waals surface area contributed by atoms with Gasteiger partial charge in [0, 0.05) is 36.5 Å². The Morgan fingerprint density at radius 2 is 2.00 bits per heavy atom. The molecule has 2 aromatic rings. The lowest BCUT2D eigenvalue weighted by Gasteiger charge is -2.42. The third-order valence-electron chi connectivity index (χ3n) is 6.29. The average Bonchev–Trinajstić information content (AvgIpc) is 3.12. The van der Waals surface area contributed by atoms with Crippen molar-refractivity contribution >= 4 is 35.1 Å². The second-order valence-corrected chi connectivity index (χ2v) is 8.86. The number of halogens is 3. The van der Waals surface area contributed by atoms with Gasteiger partial charge in [0.05, 0.1) is 17.6 Å². The SMILES string of the molecule is N#Cc1ccnc(N2C(=O)CCC2(C(N)=O)[C@@H](C(=O)NC2CC(F)(F)C2)c2ccccc2Cl)c1. The molecule has 3 amide bonds. The molecule has 3 N–H and O–H groups in total. The summed E-state index contributed by atoms with van der Waals surface area (Å²) >= 11 is 6.40. The second kappa shape index (κ2) is 8.65. The summed E-state index contributed by atoms with van der Waals surface area (Å²) in [6.07, 6.45) is -0.0366. The number of primary amides is 1. The van der Waals surface area contributed by atoms with Crippen LogP contribution in [0.15, 0.2) is 42.6 Å². The molecule has 0 spiro atoms. The first-order valence-electron chi connectivity index (χ1n) is 10.5. The fourth-order valence-electron chi connectivity index (χ4n) is 4.71. The van der Waals surface area contributed by atoms with Crippen LogP contribution in [0, 0.1) is 11.3 Å². The summed E-state index contributed by atoms with van der Waals surface area (Å²) in [6.45, 7) is 0. The van der Waals surface area contributed by atoms with Crippen molar-refractivity contribution in [1.29, 1.82) is 5.26 Å². The van der Waals surface area contributed by atoms with E-state index in [1.165, 1.54) is 30.5 Å². The number of anilines is 1. The van der Waals surface area contributed by atoms with E-state index >= 15 is 0 Å². The van der Waals surface area contributed by atoms with Gasteiger partial charge < -0.3 is 11.1 Å². The molecule has 4 rings (SSSR count). The number of carbonyl (C=O) groups excluding carboxylic acids is 3. The minimum atomic E-state index is -2.88. The van der Waals surface area contributed by atoms with Crippen molar-refractivity contribution in [2.24, 2.45) is 5.73 Å². The summed E-state index contributed by atoms with van der Waals surface area (Å²) in [7, 11) is 0. The van der Waals surface area contributed by atoms with Gasteiger partial charge in [-0.2, -0.15) is 5.26 Å². The second-order valence-electron chi connectivity index (χ2n) is 8.46. The number of rotatable bonds is 6.